The molecule has 2 unspecified atom stereocenters. The molecule has 0 saturated carbocycles. The summed E-state index contributed by atoms with van der Waals surface area (Å²) in [7, 11) is 0. The van der Waals surface area contributed by atoms with E-state index in [-0.39, 0.29) is 24.2 Å². The monoisotopic (exact) mass is 529 g/mol. The first-order valence-electron chi connectivity index (χ1n) is 11.7. The Labute approximate surface area is 217 Å². The number of rotatable bonds is 8. The molecule has 1 aromatic carbocycles. The summed E-state index contributed by atoms with van der Waals surface area (Å²) in [6, 6.07) is 5.82. The molecular weight excluding hydrogens is 493 g/mol. The first-order chi connectivity index (χ1) is 16.1. The fourth-order valence-corrected chi connectivity index (χ4v) is 4.52. The van der Waals surface area contributed by atoms with Gasteiger partial charge >= 0.3 is 12.0 Å². The normalized spacial score (nSPS) is 20.8. The number of nitrogens with zero attached hydrogens (tertiary/aromatic N) is 1. The molecule has 1 aliphatic heterocycles. The van der Waals surface area contributed by atoms with Crippen LogP contribution < -0.4 is 10.6 Å². The Kier molecular flexibility index (Phi) is 9.47. The highest BCUT2D eigenvalue weighted by Gasteiger charge is 2.50. The number of esters is 1. The third-order valence-corrected chi connectivity index (χ3v) is 6.95. The summed E-state index contributed by atoms with van der Waals surface area (Å²) in [5.41, 5.74) is -1.97. The van der Waals surface area contributed by atoms with E-state index in [1.54, 1.807) is 30.9 Å². The molecule has 10 heteroatoms. The van der Waals surface area contributed by atoms with Crippen LogP contribution in [0.2, 0.25) is 5.02 Å². The van der Waals surface area contributed by atoms with Gasteiger partial charge in [-0.3, -0.25) is 9.59 Å². The van der Waals surface area contributed by atoms with E-state index in [0.717, 1.165) is 5.56 Å². The SMILES string of the molecule is CC(C)C(NC(=O)NCC(C)(C)OC(=O)CCl)C(=O)N1CCC(O)(c2ccc(Cl)cc2)C(C)(C)C1. The lowest BCUT2D eigenvalue weighted by molar-refractivity contribution is -0.155. The summed E-state index contributed by atoms with van der Waals surface area (Å²) < 4.78 is 5.20. The molecule has 0 spiro atoms. The summed E-state index contributed by atoms with van der Waals surface area (Å²) in [6.45, 7) is 11.6. The predicted molar refractivity (Wildman–Crippen MR) is 136 cm³/mol. The number of piperidine rings is 1. The van der Waals surface area contributed by atoms with Crippen molar-refractivity contribution in [3.63, 3.8) is 0 Å². The van der Waals surface area contributed by atoms with Gasteiger partial charge in [-0.05, 0) is 43.9 Å². The summed E-state index contributed by atoms with van der Waals surface area (Å²) in [4.78, 5) is 39.2. The largest absolute Gasteiger partial charge is 0.457 e. The predicted octanol–water partition coefficient (Wildman–Crippen LogP) is 3.67. The second-order valence-corrected chi connectivity index (χ2v) is 11.4. The molecule has 0 radical (unpaired) electrons. The number of ether oxygens (including phenoxy) is 1. The van der Waals surface area contributed by atoms with Crippen LogP contribution in [0, 0.1) is 11.3 Å². The van der Waals surface area contributed by atoms with Crippen molar-refractivity contribution in [1.29, 1.82) is 0 Å². The number of hydrogen-bond acceptors (Lipinski definition) is 5. The average molecular weight is 530 g/mol. The van der Waals surface area contributed by atoms with Crippen molar-refractivity contribution in [3.05, 3.63) is 34.9 Å². The van der Waals surface area contributed by atoms with E-state index >= 15 is 0 Å². The number of hydrogen-bond donors (Lipinski definition) is 3. The number of urea groups is 1. The molecule has 196 valence electrons. The highest BCUT2D eigenvalue weighted by atomic mass is 35.5. The number of carbonyl (C=O) groups is 3. The molecule has 8 nitrogen and oxygen atoms in total. The van der Waals surface area contributed by atoms with Crippen LogP contribution in [0.4, 0.5) is 4.79 Å². The van der Waals surface area contributed by atoms with Crippen molar-refractivity contribution in [2.24, 2.45) is 11.3 Å². The lowest BCUT2D eigenvalue weighted by Gasteiger charge is -2.51. The first-order valence-corrected chi connectivity index (χ1v) is 12.6. The fraction of sp³-hybridized carbons (Fsp3) is 0.640. The molecule has 3 amide bonds. The minimum absolute atomic E-state index is 0.0470. The zero-order chi connectivity index (χ0) is 26.6. The molecule has 2 atom stereocenters. The van der Waals surface area contributed by atoms with Gasteiger partial charge in [0.25, 0.3) is 0 Å². The van der Waals surface area contributed by atoms with Crippen LogP contribution in [0.5, 0.6) is 0 Å². The lowest BCUT2D eigenvalue weighted by atomic mass is 9.66. The maximum Gasteiger partial charge on any atom is 0.321 e. The van der Waals surface area contributed by atoms with Gasteiger partial charge in [-0.2, -0.15) is 0 Å². The molecule has 1 aliphatic rings. The Hall–Kier alpha value is -2.03. The fourth-order valence-electron chi connectivity index (χ4n) is 4.34. The molecule has 2 rings (SSSR count). The van der Waals surface area contributed by atoms with Gasteiger partial charge in [-0.15, -0.1) is 11.6 Å². The molecule has 0 bridgehead atoms. The van der Waals surface area contributed by atoms with E-state index in [9.17, 15) is 19.5 Å². The maximum absolute atomic E-state index is 13.4. The van der Waals surface area contributed by atoms with Gasteiger partial charge in [0.1, 0.15) is 17.5 Å². The standard InChI is InChI=1S/C25H37Cl2N3O5/c1-16(2)20(29-22(33)28-14-24(5,6)35-19(31)13-26)21(32)30-12-11-25(34,23(3,4)15-30)17-7-9-18(27)10-8-17/h7-10,16,20,34H,11-15H2,1-6H3,(H2,28,29,33). The quantitative estimate of drug-likeness (QED) is 0.351. The zero-order valence-electron chi connectivity index (χ0n) is 21.3. The van der Waals surface area contributed by atoms with E-state index in [1.165, 1.54) is 0 Å². The van der Waals surface area contributed by atoms with Crippen LogP contribution >= 0.6 is 23.2 Å². The Morgan fingerprint density at radius 3 is 2.31 bits per heavy atom. The van der Waals surface area contributed by atoms with E-state index in [1.807, 2.05) is 39.8 Å². The number of nitrogens with one attached hydrogen (secondary N) is 2. The average Bonchev–Trinajstić information content (AvgIpc) is 2.77. The number of likely N-dealkylation sites (tertiary alicyclic amines) is 1. The van der Waals surface area contributed by atoms with Gasteiger partial charge in [0, 0.05) is 23.5 Å². The van der Waals surface area contributed by atoms with Crippen molar-refractivity contribution in [2.45, 2.75) is 65.2 Å². The number of aliphatic hydroxyl groups is 1. The second kappa shape index (κ2) is 11.4. The number of benzene rings is 1. The third-order valence-electron chi connectivity index (χ3n) is 6.48. The lowest BCUT2D eigenvalue weighted by Crippen LogP contribution is -2.61. The van der Waals surface area contributed by atoms with E-state index in [4.69, 9.17) is 27.9 Å². The maximum atomic E-state index is 13.4. The molecular formula is C25H37Cl2N3O5. The highest BCUT2D eigenvalue weighted by molar-refractivity contribution is 6.30. The van der Waals surface area contributed by atoms with E-state index in [2.05, 4.69) is 10.6 Å². The molecule has 0 aromatic heterocycles. The summed E-state index contributed by atoms with van der Waals surface area (Å²) in [6.07, 6.45) is 0.352. The minimum Gasteiger partial charge on any atom is -0.457 e. The van der Waals surface area contributed by atoms with Crippen LogP contribution in [-0.4, -0.2) is 65.1 Å². The summed E-state index contributed by atoms with van der Waals surface area (Å²) in [5.74, 6) is -1.25. The van der Waals surface area contributed by atoms with Gasteiger partial charge in [0.2, 0.25) is 5.91 Å². The zero-order valence-corrected chi connectivity index (χ0v) is 22.8. The summed E-state index contributed by atoms with van der Waals surface area (Å²) in [5, 5.41) is 17.6. The second-order valence-electron chi connectivity index (χ2n) is 10.7. The molecule has 1 heterocycles. The molecule has 1 saturated heterocycles. The first kappa shape index (κ1) is 29.2. The molecule has 1 aromatic rings. The van der Waals surface area contributed by atoms with Gasteiger partial charge in [-0.1, -0.05) is 51.4 Å². The Balaban J connectivity index is 2.06. The topological polar surface area (TPSA) is 108 Å². The number of alkyl halides is 1. The Morgan fingerprint density at radius 2 is 1.80 bits per heavy atom. The summed E-state index contributed by atoms with van der Waals surface area (Å²) >= 11 is 11.5. The van der Waals surface area contributed by atoms with E-state index in [0.29, 0.717) is 24.5 Å². The van der Waals surface area contributed by atoms with Crippen LogP contribution in [0.25, 0.3) is 0 Å². The van der Waals surface area contributed by atoms with E-state index < -0.39 is 34.7 Å². The van der Waals surface area contributed by atoms with Crippen LogP contribution in [0.15, 0.2) is 24.3 Å². The van der Waals surface area contributed by atoms with Crippen LogP contribution in [-0.2, 0) is 19.9 Å². The van der Waals surface area contributed by atoms with Gasteiger partial charge in [0.15, 0.2) is 0 Å². The highest BCUT2D eigenvalue weighted by Crippen LogP contribution is 2.46. The Bertz CT molecular complexity index is 920. The minimum atomic E-state index is -1.13. The number of carbonyl (C=O) groups excluding carboxylic acids is 3. The third kappa shape index (κ3) is 7.24. The van der Waals surface area contributed by atoms with Crippen LogP contribution in [0.3, 0.4) is 0 Å². The van der Waals surface area contributed by atoms with Crippen molar-refractivity contribution < 1.29 is 24.2 Å². The van der Waals surface area contributed by atoms with Crippen LogP contribution in [0.1, 0.15) is 53.5 Å². The van der Waals surface area contributed by atoms with Gasteiger partial charge in [0.05, 0.1) is 12.1 Å². The molecule has 1 fully saturated rings. The van der Waals surface area contributed by atoms with Crippen molar-refractivity contribution in [3.8, 4) is 0 Å². The molecule has 0 aliphatic carbocycles. The Morgan fingerprint density at radius 1 is 1.20 bits per heavy atom. The van der Waals surface area contributed by atoms with Crippen molar-refractivity contribution >= 4 is 41.1 Å². The van der Waals surface area contributed by atoms with Crippen molar-refractivity contribution in [2.75, 3.05) is 25.5 Å². The number of amides is 3. The van der Waals surface area contributed by atoms with Gasteiger partial charge < -0.3 is 25.4 Å². The number of halogens is 2. The smallest absolute Gasteiger partial charge is 0.321 e. The van der Waals surface area contributed by atoms with Crippen molar-refractivity contribution in [1.82, 2.24) is 15.5 Å². The van der Waals surface area contributed by atoms with Gasteiger partial charge in [-0.25, -0.2) is 4.79 Å². The molecule has 3 N–H and O–H groups in total. The molecule has 35 heavy (non-hydrogen) atoms.